The smallest absolute Gasteiger partial charge is 0.136 e. The zero-order valence-electron chi connectivity index (χ0n) is 9.91. The second-order valence-electron chi connectivity index (χ2n) is 4.13. The van der Waals surface area contributed by atoms with Crippen molar-refractivity contribution in [2.45, 2.75) is 26.3 Å². The molecule has 0 fully saturated rings. The normalized spacial score (nSPS) is 11.3. The second kappa shape index (κ2) is 4.44. The molecule has 0 saturated heterocycles. The molecular weight excluding hydrogens is 218 g/mol. The van der Waals surface area contributed by atoms with Gasteiger partial charge in [0, 0.05) is 11.4 Å². The zero-order valence-corrected chi connectivity index (χ0v) is 10.7. The number of hydrogen-bond acceptors (Lipinski definition) is 3. The average Bonchev–Trinajstić information content (AvgIpc) is 2.66. The number of hydrogen-bond donors (Lipinski definition) is 1. The van der Waals surface area contributed by atoms with Gasteiger partial charge in [-0.1, -0.05) is 26.0 Å². The predicted octanol–water partition coefficient (Wildman–Crippen LogP) is 3.49. The van der Waals surface area contributed by atoms with Gasteiger partial charge in [-0.15, -0.1) is 11.3 Å². The van der Waals surface area contributed by atoms with Crippen LogP contribution in [0.1, 0.15) is 30.2 Å². The molecule has 2 rings (SSSR count). The summed E-state index contributed by atoms with van der Waals surface area (Å²) in [6.07, 6.45) is 0. The molecule has 0 saturated carbocycles. The first kappa shape index (κ1) is 11.4. The van der Waals surface area contributed by atoms with Gasteiger partial charge in [0.15, 0.2) is 0 Å². The summed E-state index contributed by atoms with van der Waals surface area (Å²) in [6, 6.07) is 6.20. The predicted molar refractivity (Wildman–Crippen MR) is 70.4 cm³/mol. The quantitative estimate of drug-likeness (QED) is 0.883. The van der Waals surface area contributed by atoms with Gasteiger partial charge in [-0.3, -0.25) is 0 Å². The van der Waals surface area contributed by atoms with Crippen molar-refractivity contribution >= 4 is 21.4 Å². The van der Waals surface area contributed by atoms with Crippen LogP contribution in [0.15, 0.2) is 18.2 Å². The van der Waals surface area contributed by atoms with Crippen LogP contribution >= 0.6 is 11.3 Å². The van der Waals surface area contributed by atoms with E-state index in [2.05, 4.69) is 19.9 Å². The van der Waals surface area contributed by atoms with Gasteiger partial charge in [0.05, 0.1) is 11.8 Å². The molecule has 1 aromatic carbocycles. The molecule has 1 aromatic heterocycles. The third kappa shape index (κ3) is 1.70. The third-order valence-corrected chi connectivity index (χ3v) is 4.04. The van der Waals surface area contributed by atoms with Crippen molar-refractivity contribution in [2.75, 3.05) is 7.11 Å². The van der Waals surface area contributed by atoms with E-state index in [9.17, 15) is 0 Å². The summed E-state index contributed by atoms with van der Waals surface area (Å²) >= 11 is 1.75. The van der Waals surface area contributed by atoms with E-state index >= 15 is 0 Å². The molecule has 16 heavy (non-hydrogen) atoms. The first-order valence-corrected chi connectivity index (χ1v) is 6.29. The Morgan fingerprint density at radius 2 is 2.12 bits per heavy atom. The maximum Gasteiger partial charge on any atom is 0.136 e. The number of thiophene rings is 1. The van der Waals surface area contributed by atoms with Crippen LogP contribution in [0.3, 0.4) is 0 Å². The van der Waals surface area contributed by atoms with E-state index in [4.69, 9.17) is 10.5 Å². The molecule has 0 aliphatic rings. The maximum absolute atomic E-state index is 5.81. The van der Waals surface area contributed by atoms with E-state index in [0.717, 1.165) is 5.75 Å². The molecular formula is C13H17NOS. The van der Waals surface area contributed by atoms with Gasteiger partial charge in [-0.25, -0.2) is 0 Å². The topological polar surface area (TPSA) is 35.2 Å². The van der Waals surface area contributed by atoms with Crippen molar-refractivity contribution in [1.29, 1.82) is 0 Å². The van der Waals surface area contributed by atoms with E-state index in [-0.39, 0.29) is 0 Å². The molecule has 0 aliphatic heterocycles. The van der Waals surface area contributed by atoms with E-state index in [1.807, 2.05) is 12.1 Å². The van der Waals surface area contributed by atoms with Crippen molar-refractivity contribution in [2.24, 2.45) is 5.73 Å². The highest BCUT2D eigenvalue weighted by Gasteiger charge is 2.16. The minimum atomic E-state index is 0.499. The van der Waals surface area contributed by atoms with Crippen LogP contribution in [-0.4, -0.2) is 7.11 Å². The van der Waals surface area contributed by atoms with Crippen LogP contribution in [0.4, 0.5) is 0 Å². The van der Waals surface area contributed by atoms with E-state index in [1.165, 1.54) is 20.5 Å². The Kier molecular flexibility index (Phi) is 3.17. The molecule has 1 heterocycles. The first-order valence-electron chi connectivity index (χ1n) is 5.47. The SMILES string of the molecule is COc1cccc2c(C(C)C)c(CN)sc12. The molecule has 0 spiro atoms. The minimum Gasteiger partial charge on any atom is -0.495 e. The molecule has 3 heteroatoms. The summed E-state index contributed by atoms with van der Waals surface area (Å²) in [5.41, 5.74) is 7.19. The summed E-state index contributed by atoms with van der Waals surface area (Å²) < 4.78 is 6.61. The average molecular weight is 235 g/mol. The molecule has 0 bridgehead atoms. The molecule has 2 aromatic rings. The lowest BCUT2D eigenvalue weighted by Crippen LogP contribution is -1.98. The van der Waals surface area contributed by atoms with Crippen LogP contribution in [0, 0.1) is 0 Å². The molecule has 0 radical (unpaired) electrons. The van der Waals surface area contributed by atoms with Gasteiger partial charge in [0.25, 0.3) is 0 Å². The van der Waals surface area contributed by atoms with Crippen LogP contribution in [-0.2, 0) is 6.54 Å². The second-order valence-corrected chi connectivity index (χ2v) is 5.24. The summed E-state index contributed by atoms with van der Waals surface area (Å²) in [5.74, 6) is 1.45. The lowest BCUT2D eigenvalue weighted by molar-refractivity contribution is 0.420. The Labute approximate surface area is 100 Å². The van der Waals surface area contributed by atoms with Gasteiger partial charge in [-0.2, -0.15) is 0 Å². The molecule has 2 nitrogen and oxygen atoms in total. The van der Waals surface area contributed by atoms with Crippen molar-refractivity contribution in [3.05, 3.63) is 28.6 Å². The molecule has 86 valence electrons. The van der Waals surface area contributed by atoms with Gasteiger partial charge in [0.2, 0.25) is 0 Å². The highest BCUT2D eigenvalue weighted by atomic mass is 32.1. The Bertz CT molecular complexity index is 502. The number of rotatable bonds is 3. The van der Waals surface area contributed by atoms with E-state index in [0.29, 0.717) is 12.5 Å². The van der Waals surface area contributed by atoms with Gasteiger partial charge in [-0.05, 0) is 22.9 Å². The molecule has 0 unspecified atom stereocenters. The summed E-state index contributed by atoms with van der Waals surface area (Å²) in [7, 11) is 1.71. The largest absolute Gasteiger partial charge is 0.495 e. The monoisotopic (exact) mass is 235 g/mol. The molecule has 2 N–H and O–H groups in total. The lowest BCUT2D eigenvalue weighted by Gasteiger charge is -2.06. The van der Waals surface area contributed by atoms with E-state index in [1.54, 1.807) is 18.4 Å². The standard InChI is InChI=1S/C13H17NOS/c1-8(2)12-9-5-4-6-10(15-3)13(9)16-11(12)7-14/h4-6,8H,7,14H2,1-3H3. The van der Waals surface area contributed by atoms with Crippen molar-refractivity contribution in [3.63, 3.8) is 0 Å². The van der Waals surface area contributed by atoms with Crippen molar-refractivity contribution in [1.82, 2.24) is 0 Å². The van der Waals surface area contributed by atoms with Crippen LogP contribution in [0.25, 0.3) is 10.1 Å². The molecule has 0 amide bonds. The third-order valence-electron chi connectivity index (χ3n) is 2.78. The fourth-order valence-corrected chi connectivity index (χ4v) is 3.43. The Balaban J connectivity index is 2.77. The fourth-order valence-electron chi connectivity index (χ4n) is 2.11. The molecule has 0 aliphatic carbocycles. The zero-order chi connectivity index (χ0) is 11.7. The van der Waals surface area contributed by atoms with Crippen LogP contribution < -0.4 is 10.5 Å². The van der Waals surface area contributed by atoms with Crippen LogP contribution in [0.5, 0.6) is 5.75 Å². The summed E-state index contributed by atoms with van der Waals surface area (Å²) in [5, 5.41) is 1.29. The van der Waals surface area contributed by atoms with Gasteiger partial charge in [0.1, 0.15) is 5.75 Å². The number of fused-ring (bicyclic) bond motifs is 1. The summed E-state index contributed by atoms with van der Waals surface area (Å²) in [4.78, 5) is 1.27. The Morgan fingerprint density at radius 1 is 1.38 bits per heavy atom. The highest BCUT2D eigenvalue weighted by molar-refractivity contribution is 7.19. The van der Waals surface area contributed by atoms with Crippen molar-refractivity contribution < 1.29 is 4.74 Å². The van der Waals surface area contributed by atoms with Gasteiger partial charge >= 0.3 is 0 Å². The Morgan fingerprint density at radius 3 is 2.69 bits per heavy atom. The highest BCUT2D eigenvalue weighted by Crippen LogP contribution is 2.40. The number of benzene rings is 1. The maximum atomic E-state index is 5.81. The van der Waals surface area contributed by atoms with Crippen LogP contribution in [0.2, 0.25) is 0 Å². The molecule has 0 atom stereocenters. The Hall–Kier alpha value is -1.06. The number of nitrogens with two attached hydrogens (primary N) is 1. The number of ether oxygens (including phenoxy) is 1. The first-order chi connectivity index (χ1) is 7.69. The van der Waals surface area contributed by atoms with E-state index < -0.39 is 0 Å². The van der Waals surface area contributed by atoms with Gasteiger partial charge < -0.3 is 10.5 Å². The minimum absolute atomic E-state index is 0.499. The number of methoxy groups -OCH3 is 1. The van der Waals surface area contributed by atoms with Crippen molar-refractivity contribution in [3.8, 4) is 5.75 Å². The lowest BCUT2D eigenvalue weighted by atomic mass is 9.99. The summed E-state index contributed by atoms with van der Waals surface area (Å²) in [6.45, 7) is 5.02. The fraction of sp³-hybridized carbons (Fsp3) is 0.385.